The summed E-state index contributed by atoms with van der Waals surface area (Å²) in [7, 11) is 0. The highest BCUT2D eigenvalue weighted by Gasteiger charge is 2.31. The first-order valence-corrected chi connectivity index (χ1v) is 10.9. The van der Waals surface area contributed by atoms with Crippen LogP contribution in [0, 0.1) is 20.8 Å². The Morgan fingerprint density at radius 1 is 1.06 bits per heavy atom. The molecule has 1 N–H and O–H groups in total. The molecule has 2 aliphatic heterocycles. The van der Waals surface area contributed by atoms with Gasteiger partial charge in [0.05, 0.1) is 12.6 Å². The number of pyridine rings is 1. The lowest BCUT2D eigenvalue weighted by molar-refractivity contribution is -0.117. The molecule has 0 spiro atoms. The molecule has 2 fully saturated rings. The molecule has 0 radical (unpaired) electrons. The van der Waals surface area contributed by atoms with Crippen molar-refractivity contribution < 1.29 is 14.7 Å². The minimum Gasteiger partial charge on any atom is -0.394 e. The molecule has 1 atom stereocenters. The van der Waals surface area contributed by atoms with Gasteiger partial charge in [0, 0.05) is 49.5 Å². The second kappa shape index (κ2) is 8.67. The summed E-state index contributed by atoms with van der Waals surface area (Å²) in [5.74, 6) is 1.03. The molecule has 4 rings (SSSR count). The van der Waals surface area contributed by atoms with Crippen molar-refractivity contribution in [1.82, 2.24) is 9.88 Å². The number of carbonyl (C=O) groups is 2. The van der Waals surface area contributed by atoms with Crippen molar-refractivity contribution in [2.75, 3.05) is 42.6 Å². The average Bonchev–Trinajstić information content (AvgIpc) is 3.16. The maximum Gasteiger partial charge on any atom is 0.253 e. The number of aliphatic hydroxyl groups is 1. The lowest BCUT2D eigenvalue weighted by Crippen LogP contribution is -2.49. The summed E-state index contributed by atoms with van der Waals surface area (Å²) in [5, 5.41) is 9.51. The molecule has 0 saturated carbocycles. The topological polar surface area (TPSA) is 77.0 Å². The third-order valence-corrected chi connectivity index (χ3v) is 6.42. The maximum absolute atomic E-state index is 13.0. The van der Waals surface area contributed by atoms with Gasteiger partial charge in [0.1, 0.15) is 5.82 Å². The molecule has 1 aromatic carbocycles. The van der Waals surface area contributed by atoms with Gasteiger partial charge >= 0.3 is 0 Å². The summed E-state index contributed by atoms with van der Waals surface area (Å²) < 4.78 is 0. The average molecular weight is 423 g/mol. The second-order valence-electron chi connectivity index (χ2n) is 8.50. The van der Waals surface area contributed by atoms with Crippen LogP contribution in [0.15, 0.2) is 30.3 Å². The van der Waals surface area contributed by atoms with Gasteiger partial charge in [-0.3, -0.25) is 9.59 Å². The summed E-state index contributed by atoms with van der Waals surface area (Å²) in [5.41, 5.74) is 4.75. The molecule has 2 aromatic rings. The fourth-order valence-corrected chi connectivity index (χ4v) is 4.49. The number of aliphatic hydroxyl groups excluding tert-OH is 1. The van der Waals surface area contributed by atoms with Crippen molar-refractivity contribution in [3.8, 4) is 0 Å². The van der Waals surface area contributed by atoms with Gasteiger partial charge < -0.3 is 19.8 Å². The van der Waals surface area contributed by atoms with Gasteiger partial charge in [-0.15, -0.1) is 0 Å². The number of aryl methyl sites for hydroxylation is 3. The number of piperazine rings is 1. The van der Waals surface area contributed by atoms with E-state index >= 15 is 0 Å². The molecule has 1 aromatic heterocycles. The zero-order chi connectivity index (χ0) is 22.1. The van der Waals surface area contributed by atoms with Gasteiger partial charge in [-0.05, 0) is 62.6 Å². The first-order valence-electron chi connectivity index (χ1n) is 10.9. The van der Waals surface area contributed by atoms with Crippen LogP contribution in [0.5, 0.6) is 0 Å². The molecule has 0 aliphatic carbocycles. The molecule has 7 nitrogen and oxygen atoms in total. The summed E-state index contributed by atoms with van der Waals surface area (Å²) in [6, 6.07) is 9.15. The van der Waals surface area contributed by atoms with Crippen LogP contribution in [0.1, 0.15) is 40.0 Å². The van der Waals surface area contributed by atoms with E-state index in [2.05, 4.69) is 24.8 Å². The Morgan fingerprint density at radius 2 is 1.74 bits per heavy atom. The standard InChI is InChI=1S/C24H30N4O3/c1-16-14-17(2)23(25-18(16)3)26-10-12-27(13-11-26)24(31)19-4-6-20(7-5-19)28-21(15-29)8-9-22(28)30/h4-7,14,21,29H,8-13,15H2,1-3H3/t21-/m0/s1. The third-order valence-electron chi connectivity index (χ3n) is 6.42. The fourth-order valence-electron chi connectivity index (χ4n) is 4.49. The minimum absolute atomic E-state index is 0.00224. The Bertz CT molecular complexity index is 981. The van der Waals surface area contributed by atoms with E-state index in [1.807, 2.05) is 11.8 Å². The van der Waals surface area contributed by atoms with E-state index in [-0.39, 0.29) is 24.5 Å². The number of anilines is 2. The van der Waals surface area contributed by atoms with Gasteiger partial charge in [-0.1, -0.05) is 6.07 Å². The van der Waals surface area contributed by atoms with Crippen LogP contribution in [0.3, 0.4) is 0 Å². The maximum atomic E-state index is 13.0. The van der Waals surface area contributed by atoms with Crippen molar-refractivity contribution in [1.29, 1.82) is 0 Å². The van der Waals surface area contributed by atoms with Crippen LogP contribution < -0.4 is 9.80 Å². The molecule has 31 heavy (non-hydrogen) atoms. The largest absolute Gasteiger partial charge is 0.394 e. The smallest absolute Gasteiger partial charge is 0.253 e. The summed E-state index contributed by atoms with van der Waals surface area (Å²) in [6.45, 7) is 8.93. The third kappa shape index (κ3) is 4.14. The number of benzene rings is 1. The number of hydrogen-bond donors (Lipinski definition) is 1. The van der Waals surface area contributed by atoms with E-state index < -0.39 is 0 Å². The van der Waals surface area contributed by atoms with E-state index in [9.17, 15) is 14.7 Å². The lowest BCUT2D eigenvalue weighted by Gasteiger charge is -2.36. The molecular formula is C24H30N4O3. The van der Waals surface area contributed by atoms with Crippen LogP contribution in [0.2, 0.25) is 0 Å². The quantitative estimate of drug-likeness (QED) is 0.819. The Balaban J connectivity index is 1.41. The highest BCUT2D eigenvalue weighted by molar-refractivity contribution is 5.98. The van der Waals surface area contributed by atoms with Gasteiger partial charge in [0.15, 0.2) is 0 Å². The molecule has 2 saturated heterocycles. The minimum atomic E-state index is -0.176. The fraction of sp³-hybridized carbons (Fsp3) is 0.458. The van der Waals surface area contributed by atoms with Gasteiger partial charge in [-0.2, -0.15) is 0 Å². The number of hydrogen-bond acceptors (Lipinski definition) is 5. The van der Waals surface area contributed by atoms with Crippen LogP contribution in [-0.4, -0.2) is 65.6 Å². The first kappa shape index (κ1) is 21.3. The molecule has 0 unspecified atom stereocenters. The van der Waals surface area contributed by atoms with Gasteiger partial charge in [0.2, 0.25) is 5.91 Å². The van der Waals surface area contributed by atoms with Crippen LogP contribution in [-0.2, 0) is 4.79 Å². The van der Waals surface area contributed by atoms with Crippen molar-refractivity contribution in [3.63, 3.8) is 0 Å². The highest BCUT2D eigenvalue weighted by atomic mass is 16.3. The normalized spacial score (nSPS) is 19.3. The van der Waals surface area contributed by atoms with Crippen molar-refractivity contribution >= 4 is 23.3 Å². The number of nitrogens with zero attached hydrogens (tertiary/aromatic N) is 4. The van der Waals surface area contributed by atoms with E-state index in [0.29, 0.717) is 31.5 Å². The molecule has 3 heterocycles. The first-order chi connectivity index (χ1) is 14.9. The summed E-state index contributed by atoms with van der Waals surface area (Å²) in [4.78, 5) is 35.7. The number of amides is 2. The Labute approximate surface area is 183 Å². The Hall–Kier alpha value is -2.93. The lowest BCUT2D eigenvalue weighted by atomic mass is 10.1. The van der Waals surface area contributed by atoms with Crippen LogP contribution >= 0.6 is 0 Å². The second-order valence-corrected chi connectivity index (χ2v) is 8.50. The zero-order valence-corrected chi connectivity index (χ0v) is 18.5. The Kier molecular flexibility index (Phi) is 5.96. The predicted octanol–water partition coefficient (Wildman–Crippen LogP) is 2.46. The summed E-state index contributed by atoms with van der Waals surface area (Å²) >= 11 is 0. The van der Waals surface area contributed by atoms with Crippen LogP contribution in [0.25, 0.3) is 0 Å². The van der Waals surface area contributed by atoms with Crippen molar-refractivity contribution in [3.05, 3.63) is 52.7 Å². The Morgan fingerprint density at radius 3 is 2.39 bits per heavy atom. The number of rotatable bonds is 4. The molecule has 7 heteroatoms. The zero-order valence-electron chi connectivity index (χ0n) is 18.5. The van der Waals surface area contributed by atoms with E-state index in [1.165, 1.54) is 5.56 Å². The summed E-state index contributed by atoms with van der Waals surface area (Å²) in [6.07, 6.45) is 1.11. The van der Waals surface area contributed by atoms with Crippen molar-refractivity contribution in [2.24, 2.45) is 0 Å². The predicted molar refractivity (Wildman–Crippen MR) is 121 cm³/mol. The molecular weight excluding hydrogens is 392 g/mol. The van der Waals surface area contributed by atoms with E-state index in [0.717, 1.165) is 35.9 Å². The van der Waals surface area contributed by atoms with Crippen molar-refractivity contribution in [2.45, 2.75) is 39.7 Å². The molecule has 2 amide bonds. The van der Waals surface area contributed by atoms with E-state index in [1.54, 1.807) is 29.2 Å². The monoisotopic (exact) mass is 422 g/mol. The highest BCUT2D eigenvalue weighted by Crippen LogP contribution is 2.27. The van der Waals surface area contributed by atoms with E-state index in [4.69, 9.17) is 4.98 Å². The number of carbonyl (C=O) groups excluding carboxylic acids is 2. The van der Waals surface area contributed by atoms with Gasteiger partial charge in [-0.25, -0.2) is 4.98 Å². The van der Waals surface area contributed by atoms with Gasteiger partial charge in [0.25, 0.3) is 5.91 Å². The molecule has 164 valence electrons. The number of aromatic nitrogens is 1. The molecule has 0 bridgehead atoms. The SMILES string of the molecule is Cc1cc(C)c(N2CCN(C(=O)c3ccc(N4C(=O)CC[C@H]4CO)cc3)CC2)nc1C. The van der Waals surface area contributed by atoms with Crippen LogP contribution in [0.4, 0.5) is 11.5 Å². The molecule has 2 aliphatic rings.